The standard InChI is InChI=1S/C8H4F3N3O3/c9-8(10,11)17-7-4-6(14(15)16)3-5(13-7)1-2-12/h3-4H,1H2. The summed E-state index contributed by atoms with van der Waals surface area (Å²) in [5, 5.41) is 18.8. The average Bonchev–Trinajstić information content (AvgIpc) is 2.14. The molecule has 90 valence electrons. The Hall–Kier alpha value is -2.37. The molecule has 0 amide bonds. The monoisotopic (exact) mass is 247 g/mol. The van der Waals surface area contributed by atoms with Gasteiger partial charge in [0.2, 0.25) is 5.88 Å². The summed E-state index contributed by atoms with van der Waals surface area (Å²) in [7, 11) is 0. The topological polar surface area (TPSA) is 89.0 Å². The van der Waals surface area contributed by atoms with Gasteiger partial charge in [0.1, 0.15) is 0 Å². The predicted octanol–water partition coefficient (Wildman–Crippen LogP) is 1.95. The van der Waals surface area contributed by atoms with E-state index in [9.17, 15) is 23.3 Å². The number of rotatable bonds is 3. The highest BCUT2D eigenvalue weighted by Gasteiger charge is 2.32. The van der Waals surface area contributed by atoms with Gasteiger partial charge in [0.05, 0.1) is 29.2 Å². The van der Waals surface area contributed by atoms with Crippen molar-refractivity contribution in [3.05, 3.63) is 27.9 Å². The molecule has 9 heteroatoms. The van der Waals surface area contributed by atoms with E-state index in [2.05, 4.69) is 9.72 Å². The molecule has 0 aliphatic heterocycles. The van der Waals surface area contributed by atoms with Crippen LogP contribution in [0.2, 0.25) is 0 Å². The number of pyridine rings is 1. The first-order chi connectivity index (χ1) is 7.81. The molecule has 1 aromatic heterocycles. The van der Waals surface area contributed by atoms with Gasteiger partial charge < -0.3 is 4.74 Å². The number of ether oxygens (including phenoxy) is 1. The highest BCUT2D eigenvalue weighted by molar-refractivity contribution is 5.37. The molecule has 0 radical (unpaired) electrons. The van der Waals surface area contributed by atoms with Gasteiger partial charge in [-0.25, -0.2) is 4.98 Å². The summed E-state index contributed by atoms with van der Waals surface area (Å²) < 4.78 is 39.1. The molecule has 0 fully saturated rings. The van der Waals surface area contributed by atoms with Crippen LogP contribution in [0.1, 0.15) is 5.69 Å². The highest BCUT2D eigenvalue weighted by Crippen LogP contribution is 2.25. The maximum Gasteiger partial charge on any atom is 0.574 e. The largest absolute Gasteiger partial charge is 0.574 e. The third kappa shape index (κ3) is 3.94. The molecule has 1 rings (SSSR count). The summed E-state index contributed by atoms with van der Waals surface area (Å²) >= 11 is 0. The maximum atomic E-state index is 11.9. The SMILES string of the molecule is N#CCc1cc([N+](=O)[O-])cc(OC(F)(F)F)n1. The lowest BCUT2D eigenvalue weighted by Crippen LogP contribution is -2.18. The molecule has 0 N–H and O–H groups in total. The second-order valence-corrected chi connectivity index (χ2v) is 2.79. The fourth-order valence-corrected chi connectivity index (χ4v) is 0.993. The van der Waals surface area contributed by atoms with Crippen LogP contribution in [0.25, 0.3) is 0 Å². The van der Waals surface area contributed by atoms with Gasteiger partial charge in [-0.3, -0.25) is 10.1 Å². The van der Waals surface area contributed by atoms with Crippen molar-refractivity contribution in [1.82, 2.24) is 4.98 Å². The summed E-state index contributed by atoms with van der Waals surface area (Å²) in [5.41, 5.74) is -0.787. The molecule has 0 aliphatic rings. The van der Waals surface area contributed by atoms with Gasteiger partial charge in [-0.1, -0.05) is 0 Å². The number of hydrogen-bond donors (Lipinski definition) is 0. The van der Waals surface area contributed by atoms with Crippen molar-refractivity contribution < 1.29 is 22.8 Å². The zero-order valence-electron chi connectivity index (χ0n) is 8.06. The third-order valence-corrected chi connectivity index (χ3v) is 1.53. The number of nitro groups is 1. The Balaban J connectivity index is 3.13. The summed E-state index contributed by atoms with van der Waals surface area (Å²) in [6.07, 6.45) is -5.35. The number of nitriles is 1. The van der Waals surface area contributed by atoms with E-state index in [-0.39, 0.29) is 12.1 Å². The Bertz CT molecular complexity index is 481. The van der Waals surface area contributed by atoms with Crippen LogP contribution in [0, 0.1) is 21.4 Å². The third-order valence-electron chi connectivity index (χ3n) is 1.53. The minimum atomic E-state index is -4.99. The second-order valence-electron chi connectivity index (χ2n) is 2.79. The molecule has 0 aliphatic carbocycles. The first-order valence-corrected chi connectivity index (χ1v) is 4.10. The Morgan fingerprint density at radius 1 is 1.53 bits per heavy atom. The normalized spacial score (nSPS) is 10.7. The van der Waals surface area contributed by atoms with Gasteiger partial charge in [-0.05, 0) is 0 Å². The molecule has 0 saturated carbocycles. The Morgan fingerprint density at radius 3 is 2.65 bits per heavy atom. The first-order valence-electron chi connectivity index (χ1n) is 4.10. The molecule has 0 spiro atoms. The van der Waals surface area contributed by atoms with Crippen molar-refractivity contribution in [3.8, 4) is 11.9 Å². The number of aromatic nitrogens is 1. The van der Waals surface area contributed by atoms with Crippen molar-refractivity contribution in [3.63, 3.8) is 0 Å². The molecule has 1 heterocycles. The van der Waals surface area contributed by atoms with Gasteiger partial charge in [-0.2, -0.15) is 5.26 Å². The van der Waals surface area contributed by atoms with Gasteiger partial charge in [0.25, 0.3) is 5.69 Å². The Morgan fingerprint density at radius 2 is 2.18 bits per heavy atom. The molecule has 0 unspecified atom stereocenters. The summed E-state index contributed by atoms with van der Waals surface area (Å²) in [6.45, 7) is 0. The van der Waals surface area contributed by atoms with E-state index >= 15 is 0 Å². The van der Waals surface area contributed by atoms with Crippen molar-refractivity contribution >= 4 is 5.69 Å². The summed E-state index contributed by atoms with van der Waals surface area (Å²) in [6, 6.07) is 3.06. The maximum absolute atomic E-state index is 11.9. The number of halogens is 3. The van der Waals surface area contributed by atoms with Crippen LogP contribution < -0.4 is 4.74 Å². The van der Waals surface area contributed by atoms with E-state index in [0.29, 0.717) is 6.07 Å². The number of alkyl halides is 3. The van der Waals surface area contributed by atoms with E-state index in [1.165, 1.54) is 0 Å². The molecule has 0 atom stereocenters. The molecule has 0 saturated heterocycles. The number of nitrogens with zero attached hydrogens (tertiary/aromatic N) is 3. The zero-order chi connectivity index (χ0) is 13.1. The van der Waals surface area contributed by atoms with E-state index in [0.717, 1.165) is 6.07 Å². The van der Waals surface area contributed by atoms with Crippen LogP contribution in [-0.4, -0.2) is 16.3 Å². The van der Waals surface area contributed by atoms with Crippen molar-refractivity contribution in [2.45, 2.75) is 12.8 Å². The lowest BCUT2D eigenvalue weighted by atomic mass is 10.2. The highest BCUT2D eigenvalue weighted by atomic mass is 19.4. The summed E-state index contributed by atoms with van der Waals surface area (Å²) in [4.78, 5) is 12.9. The minimum absolute atomic E-state index is 0.166. The van der Waals surface area contributed by atoms with Crippen LogP contribution in [-0.2, 0) is 6.42 Å². The molecule has 6 nitrogen and oxygen atoms in total. The zero-order valence-corrected chi connectivity index (χ0v) is 8.06. The van der Waals surface area contributed by atoms with Gasteiger partial charge in [0.15, 0.2) is 0 Å². The van der Waals surface area contributed by atoms with E-state index in [4.69, 9.17) is 5.26 Å². The second kappa shape index (κ2) is 4.65. The van der Waals surface area contributed by atoms with E-state index in [1.807, 2.05) is 0 Å². The number of hydrogen-bond acceptors (Lipinski definition) is 5. The van der Waals surface area contributed by atoms with Crippen LogP contribution in [0.4, 0.5) is 18.9 Å². The van der Waals surface area contributed by atoms with Crippen LogP contribution in [0.5, 0.6) is 5.88 Å². The van der Waals surface area contributed by atoms with E-state index in [1.54, 1.807) is 6.07 Å². The molecule has 0 bridgehead atoms. The smallest absolute Gasteiger partial charge is 0.388 e. The lowest BCUT2D eigenvalue weighted by molar-refractivity contribution is -0.385. The van der Waals surface area contributed by atoms with Crippen LogP contribution in [0.3, 0.4) is 0 Å². The van der Waals surface area contributed by atoms with Gasteiger partial charge in [-0.15, -0.1) is 13.2 Å². The molecule has 1 aromatic rings. The van der Waals surface area contributed by atoms with Crippen molar-refractivity contribution in [1.29, 1.82) is 5.26 Å². The minimum Gasteiger partial charge on any atom is -0.388 e. The fraction of sp³-hybridized carbons (Fsp3) is 0.250. The van der Waals surface area contributed by atoms with Crippen molar-refractivity contribution in [2.24, 2.45) is 0 Å². The molecule has 17 heavy (non-hydrogen) atoms. The van der Waals surface area contributed by atoms with Crippen LogP contribution >= 0.6 is 0 Å². The molecule has 0 aromatic carbocycles. The first kappa shape index (κ1) is 12.7. The molecular formula is C8H4F3N3O3. The fourth-order valence-electron chi connectivity index (χ4n) is 0.993. The average molecular weight is 247 g/mol. The molecular weight excluding hydrogens is 243 g/mol. The van der Waals surface area contributed by atoms with Gasteiger partial charge >= 0.3 is 6.36 Å². The van der Waals surface area contributed by atoms with Gasteiger partial charge in [0, 0.05) is 6.07 Å². The summed E-state index contributed by atoms with van der Waals surface area (Å²) in [5.74, 6) is -0.961. The predicted molar refractivity (Wildman–Crippen MR) is 46.9 cm³/mol. The van der Waals surface area contributed by atoms with Crippen molar-refractivity contribution in [2.75, 3.05) is 0 Å². The van der Waals surface area contributed by atoms with Crippen LogP contribution in [0.15, 0.2) is 12.1 Å². The van der Waals surface area contributed by atoms with E-state index < -0.39 is 22.9 Å². The Kier molecular flexibility index (Phi) is 3.47. The quantitative estimate of drug-likeness (QED) is 0.601. The Labute approximate surface area is 92.4 Å². The lowest BCUT2D eigenvalue weighted by Gasteiger charge is -2.08.